The standard InChI is InChI=1S/C17H22N2O2/c1-12-16(13(2)21-18-12)11-19-10-4-5-17(19)14-6-8-15(20-3)9-7-14/h6-9,17H,4-5,10-11H2,1-3H3. The molecule has 112 valence electrons. The van der Waals surface area contributed by atoms with Crippen LogP contribution in [-0.4, -0.2) is 23.7 Å². The van der Waals surface area contributed by atoms with Crippen LogP contribution in [-0.2, 0) is 6.54 Å². The van der Waals surface area contributed by atoms with E-state index in [-0.39, 0.29) is 0 Å². The van der Waals surface area contributed by atoms with Gasteiger partial charge in [0.05, 0.1) is 12.8 Å². The largest absolute Gasteiger partial charge is 0.497 e. The first-order chi connectivity index (χ1) is 10.2. The van der Waals surface area contributed by atoms with E-state index < -0.39 is 0 Å². The highest BCUT2D eigenvalue weighted by atomic mass is 16.5. The van der Waals surface area contributed by atoms with Gasteiger partial charge in [-0.2, -0.15) is 0 Å². The number of hydrogen-bond acceptors (Lipinski definition) is 4. The Hall–Kier alpha value is -1.81. The average molecular weight is 286 g/mol. The predicted octanol–water partition coefficient (Wildman–Crippen LogP) is 3.64. The molecule has 0 aliphatic carbocycles. The van der Waals surface area contributed by atoms with Crippen LogP contribution >= 0.6 is 0 Å². The highest BCUT2D eigenvalue weighted by molar-refractivity contribution is 5.30. The minimum Gasteiger partial charge on any atom is -0.497 e. The summed E-state index contributed by atoms with van der Waals surface area (Å²) in [7, 11) is 1.70. The fraction of sp³-hybridized carbons (Fsp3) is 0.471. The number of aromatic nitrogens is 1. The monoisotopic (exact) mass is 286 g/mol. The highest BCUT2D eigenvalue weighted by Gasteiger charge is 2.27. The first-order valence-electron chi connectivity index (χ1n) is 7.49. The second kappa shape index (κ2) is 5.90. The molecule has 4 nitrogen and oxygen atoms in total. The first-order valence-corrected chi connectivity index (χ1v) is 7.49. The molecule has 1 fully saturated rings. The molecule has 0 spiro atoms. The molecule has 1 aliphatic rings. The van der Waals surface area contributed by atoms with Crippen molar-refractivity contribution in [3.05, 3.63) is 46.8 Å². The zero-order valence-corrected chi connectivity index (χ0v) is 12.9. The van der Waals surface area contributed by atoms with Gasteiger partial charge in [-0.3, -0.25) is 4.90 Å². The molecule has 1 unspecified atom stereocenters. The lowest BCUT2D eigenvalue weighted by Crippen LogP contribution is -2.23. The van der Waals surface area contributed by atoms with Crippen LogP contribution in [0.1, 0.15) is 41.5 Å². The summed E-state index contributed by atoms with van der Waals surface area (Å²) < 4.78 is 10.5. The van der Waals surface area contributed by atoms with E-state index in [1.807, 2.05) is 26.0 Å². The van der Waals surface area contributed by atoms with Gasteiger partial charge in [-0.05, 0) is 50.9 Å². The van der Waals surface area contributed by atoms with E-state index in [1.165, 1.54) is 24.0 Å². The van der Waals surface area contributed by atoms with Gasteiger partial charge in [0.15, 0.2) is 0 Å². The number of methoxy groups -OCH3 is 1. The number of ether oxygens (including phenoxy) is 1. The topological polar surface area (TPSA) is 38.5 Å². The Morgan fingerprint density at radius 3 is 2.67 bits per heavy atom. The lowest BCUT2D eigenvalue weighted by Gasteiger charge is -2.24. The molecule has 0 saturated carbocycles. The van der Waals surface area contributed by atoms with Crippen LogP contribution in [0.5, 0.6) is 5.75 Å². The fourth-order valence-electron chi connectivity index (χ4n) is 3.15. The summed E-state index contributed by atoms with van der Waals surface area (Å²) >= 11 is 0. The molecule has 1 aromatic carbocycles. The molecular weight excluding hydrogens is 264 g/mol. The van der Waals surface area contributed by atoms with E-state index in [1.54, 1.807) is 7.11 Å². The summed E-state index contributed by atoms with van der Waals surface area (Å²) in [6.07, 6.45) is 2.44. The zero-order chi connectivity index (χ0) is 14.8. The van der Waals surface area contributed by atoms with Crippen molar-refractivity contribution in [1.29, 1.82) is 0 Å². The maximum atomic E-state index is 5.28. The molecule has 1 aromatic heterocycles. The number of benzene rings is 1. The molecule has 2 heterocycles. The van der Waals surface area contributed by atoms with Crippen molar-refractivity contribution < 1.29 is 9.26 Å². The quantitative estimate of drug-likeness (QED) is 0.860. The molecule has 1 saturated heterocycles. The SMILES string of the molecule is COc1ccc(C2CCCN2Cc2c(C)noc2C)cc1. The Balaban J connectivity index is 1.78. The molecule has 0 radical (unpaired) electrons. The fourth-order valence-corrected chi connectivity index (χ4v) is 3.15. The van der Waals surface area contributed by atoms with Crippen molar-refractivity contribution in [3.8, 4) is 5.75 Å². The van der Waals surface area contributed by atoms with Crippen molar-refractivity contribution in [2.45, 2.75) is 39.3 Å². The van der Waals surface area contributed by atoms with Gasteiger partial charge in [0, 0.05) is 18.2 Å². The zero-order valence-electron chi connectivity index (χ0n) is 12.9. The lowest BCUT2D eigenvalue weighted by atomic mass is 10.0. The molecule has 2 aromatic rings. The van der Waals surface area contributed by atoms with Gasteiger partial charge in [0.25, 0.3) is 0 Å². The normalized spacial score (nSPS) is 19.1. The Kier molecular flexibility index (Phi) is 3.97. The minimum atomic E-state index is 0.476. The summed E-state index contributed by atoms with van der Waals surface area (Å²) in [6.45, 7) is 6.05. The van der Waals surface area contributed by atoms with E-state index in [4.69, 9.17) is 9.26 Å². The summed E-state index contributed by atoms with van der Waals surface area (Å²) in [5.41, 5.74) is 3.60. The van der Waals surface area contributed by atoms with Crippen LogP contribution in [0.15, 0.2) is 28.8 Å². The minimum absolute atomic E-state index is 0.476. The van der Waals surface area contributed by atoms with Gasteiger partial charge in [-0.15, -0.1) is 0 Å². The van der Waals surface area contributed by atoms with Gasteiger partial charge < -0.3 is 9.26 Å². The van der Waals surface area contributed by atoms with E-state index in [0.29, 0.717) is 6.04 Å². The summed E-state index contributed by atoms with van der Waals surface area (Å²) in [5.74, 6) is 1.85. The van der Waals surface area contributed by atoms with Crippen LogP contribution in [0.25, 0.3) is 0 Å². The maximum absolute atomic E-state index is 5.28. The number of nitrogens with zero attached hydrogens (tertiary/aromatic N) is 2. The first kappa shape index (κ1) is 14.1. The van der Waals surface area contributed by atoms with Crippen LogP contribution in [0.4, 0.5) is 0 Å². The summed E-state index contributed by atoms with van der Waals surface area (Å²) in [4.78, 5) is 2.52. The second-order valence-electron chi connectivity index (χ2n) is 5.70. The van der Waals surface area contributed by atoms with Crippen molar-refractivity contribution >= 4 is 0 Å². The number of aryl methyl sites for hydroxylation is 2. The van der Waals surface area contributed by atoms with Gasteiger partial charge >= 0.3 is 0 Å². The number of likely N-dealkylation sites (tertiary alicyclic amines) is 1. The van der Waals surface area contributed by atoms with Crippen molar-refractivity contribution in [1.82, 2.24) is 10.1 Å². The molecule has 1 aliphatic heterocycles. The Morgan fingerprint density at radius 2 is 2.05 bits per heavy atom. The molecule has 21 heavy (non-hydrogen) atoms. The highest BCUT2D eigenvalue weighted by Crippen LogP contribution is 2.34. The Morgan fingerprint density at radius 1 is 1.29 bits per heavy atom. The van der Waals surface area contributed by atoms with Gasteiger partial charge in [-0.25, -0.2) is 0 Å². The van der Waals surface area contributed by atoms with Crippen LogP contribution < -0.4 is 4.74 Å². The molecular formula is C17H22N2O2. The number of hydrogen-bond donors (Lipinski definition) is 0. The van der Waals surface area contributed by atoms with Gasteiger partial charge in [-0.1, -0.05) is 17.3 Å². The molecule has 3 rings (SSSR count). The molecule has 1 atom stereocenters. The van der Waals surface area contributed by atoms with Crippen LogP contribution in [0, 0.1) is 13.8 Å². The van der Waals surface area contributed by atoms with Crippen molar-refractivity contribution in [2.75, 3.05) is 13.7 Å². The average Bonchev–Trinajstić information content (AvgIpc) is 3.09. The predicted molar refractivity (Wildman–Crippen MR) is 81.4 cm³/mol. The third-order valence-corrected chi connectivity index (χ3v) is 4.41. The van der Waals surface area contributed by atoms with E-state index in [9.17, 15) is 0 Å². The molecule has 0 bridgehead atoms. The third-order valence-electron chi connectivity index (χ3n) is 4.41. The summed E-state index contributed by atoms with van der Waals surface area (Å²) in [6, 6.07) is 8.91. The summed E-state index contributed by atoms with van der Waals surface area (Å²) in [5, 5.41) is 4.06. The van der Waals surface area contributed by atoms with Gasteiger partial charge in [0.2, 0.25) is 0 Å². The van der Waals surface area contributed by atoms with E-state index in [0.717, 1.165) is 30.3 Å². The van der Waals surface area contributed by atoms with Crippen molar-refractivity contribution in [2.24, 2.45) is 0 Å². The maximum Gasteiger partial charge on any atom is 0.138 e. The van der Waals surface area contributed by atoms with Gasteiger partial charge in [0.1, 0.15) is 11.5 Å². The van der Waals surface area contributed by atoms with E-state index in [2.05, 4.69) is 22.2 Å². The Bertz CT molecular complexity index is 584. The van der Waals surface area contributed by atoms with Crippen molar-refractivity contribution in [3.63, 3.8) is 0 Å². The third kappa shape index (κ3) is 2.81. The van der Waals surface area contributed by atoms with E-state index >= 15 is 0 Å². The van der Waals surface area contributed by atoms with Crippen LogP contribution in [0.2, 0.25) is 0 Å². The molecule has 4 heteroatoms. The molecule has 0 N–H and O–H groups in total. The van der Waals surface area contributed by atoms with Crippen LogP contribution in [0.3, 0.4) is 0 Å². The smallest absolute Gasteiger partial charge is 0.138 e. The lowest BCUT2D eigenvalue weighted by molar-refractivity contribution is 0.246. The second-order valence-corrected chi connectivity index (χ2v) is 5.70. The molecule has 0 amide bonds. The Labute approximate surface area is 125 Å². The number of rotatable bonds is 4.